The van der Waals surface area contributed by atoms with Crippen LogP contribution in [0, 0.1) is 0 Å². The van der Waals surface area contributed by atoms with Gasteiger partial charge in [-0.15, -0.1) is 0 Å². The molecule has 30 heavy (non-hydrogen) atoms. The number of aliphatic imine (C=N–C) groups is 1. The summed E-state index contributed by atoms with van der Waals surface area (Å²) in [6.45, 7) is 10.1. The minimum atomic E-state index is -3.37. The van der Waals surface area contributed by atoms with Crippen molar-refractivity contribution in [3.05, 3.63) is 30.3 Å². The van der Waals surface area contributed by atoms with Crippen molar-refractivity contribution in [1.82, 2.24) is 16.0 Å². The van der Waals surface area contributed by atoms with Crippen LogP contribution in [0.4, 0.5) is 4.79 Å². The van der Waals surface area contributed by atoms with Gasteiger partial charge in [0.2, 0.25) is 0 Å². The van der Waals surface area contributed by atoms with Gasteiger partial charge in [-0.3, -0.25) is 4.99 Å². The van der Waals surface area contributed by atoms with Crippen molar-refractivity contribution in [2.24, 2.45) is 4.99 Å². The molecule has 9 heteroatoms. The van der Waals surface area contributed by atoms with Gasteiger partial charge < -0.3 is 20.7 Å². The van der Waals surface area contributed by atoms with Crippen LogP contribution >= 0.6 is 0 Å². The number of carbonyl (C=O) groups is 1. The monoisotopic (exact) mass is 440 g/mol. The van der Waals surface area contributed by atoms with Gasteiger partial charge in [-0.25, -0.2) is 13.2 Å². The van der Waals surface area contributed by atoms with Crippen LogP contribution < -0.4 is 16.0 Å². The maximum Gasteiger partial charge on any atom is 0.408 e. The molecule has 8 nitrogen and oxygen atoms in total. The SMILES string of the molecule is CCC(CC)(CNC(=NC)NCCS(=O)(=O)c1ccccc1)NC(=O)OC(C)(C)C. The van der Waals surface area contributed by atoms with E-state index in [-0.39, 0.29) is 12.3 Å². The van der Waals surface area contributed by atoms with E-state index in [9.17, 15) is 13.2 Å². The molecule has 0 atom stereocenters. The summed E-state index contributed by atoms with van der Waals surface area (Å²) < 4.78 is 30.2. The summed E-state index contributed by atoms with van der Waals surface area (Å²) in [7, 11) is -1.76. The average Bonchev–Trinajstić information content (AvgIpc) is 2.68. The molecule has 3 N–H and O–H groups in total. The third-order valence-corrected chi connectivity index (χ3v) is 6.44. The van der Waals surface area contributed by atoms with Crippen LogP contribution in [0.3, 0.4) is 0 Å². The van der Waals surface area contributed by atoms with Gasteiger partial charge in [0.1, 0.15) is 5.60 Å². The van der Waals surface area contributed by atoms with E-state index in [1.165, 1.54) is 0 Å². The zero-order valence-electron chi connectivity index (χ0n) is 18.9. The molecule has 0 aliphatic carbocycles. The first-order valence-corrected chi connectivity index (χ1v) is 11.9. The number of benzene rings is 1. The summed E-state index contributed by atoms with van der Waals surface area (Å²) in [6.07, 6.45) is 0.912. The van der Waals surface area contributed by atoms with Crippen molar-refractivity contribution in [3.63, 3.8) is 0 Å². The molecule has 1 aromatic carbocycles. The van der Waals surface area contributed by atoms with Crippen molar-refractivity contribution in [2.75, 3.05) is 25.9 Å². The number of amides is 1. The minimum Gasteiger partial charge on any atom is -0.444 e. The van der Waals surface area contributed by atoms with E-state index in [4.69, 9.17) is 4.74 Å². The van der Waals surface area contributed by atoms with Gasteiger partial charge in [0, 0.05) is 20.1 Å². The summed E-state index contributed by atoms with van der Waals surface area (Å²) in [5, 5.41) is 9.17. The number of carbonyl (C=O) groups excluding carboxylic acids is 1. The molecule has 0 aliphatic rings. The summed E-state index contributed by atoms with van der Waals surface area (Å²) in [4.78, 5) is 16.7. The molecule has 0 fully saturated rings. The molecule has 1 rings (SSSR count). The summed E-state index contributed by atoms with van der Waals surface area (Å²) >= 11 is 0. The Labute approximate surface area is 180 Å². The Bertz CT molecular complexity index is 798. The Morgan fingerprint density at radius 2 is 1.67 bits per heavy atom. The van der Waals surface area contributed by atoms with Crippen molar-refractivity contribution >= 4 is 21.9 Å². The summed E-state index contributed by atoms with van der Waals surface area (Å²) in [5.74, 6) is 0.413. The van der Waals surface area contributed by atoms with Gasteiger partial charge in [-0.1, -0.05) is 32.0 Å². The van der Waals surface area contributed by atoms with Gasteiger partial charge in [-0.05, 0) is 45.7 Å². The zero-order valence-corrected chi connectivity index (χ0v) is 19.7. The summed E-state index contributed by atoms with van der Waals surface area (Å²) in [5.41, 5.74) is -1.09. The van der Waals surface area contributed by atoms with Crippen molar-refractivity contribution < 1.29 is 17.9 Å². The van der Waals surface area contributed by atoms with Crippen molar-refractivity contribution in [2.45, 2.75) is 63.5 Å². The lowest BCUT2D eigenvalue weighted by Crippen LogP contribution is -2.57. The third kappa shape index (κ3) is 8.61. The molecule has 170 valence electrons. The van der Waals surface area contributed by atoms with Crippen LogP contribution in [0.15, 0.2) is 40.2 Å². The van der Waals surface area contributed by atoms with Gasteiger partial charge in [0.15, 0.2) is 15.8 Å². The van der Waals surface area contributed by atoms with Crippen LogP contribution in [-0.4, -0.2) is 57.5 Å². The Morgan fingerprint density at radius 1 is 1.07 bits per heavy atom. The maximum atomic E-state index is 12.4. The van der Waals surface area contributed by atoms with Crippen LogP contribution in [0.25, 0.3) is 0 Å². The summed E-state index contributed by atoms with van der Waals surface area (Å²) in [6, 6.07) is 8.35. The molecular weight excluding hydrogens is 404 g/mol. The van der Waals surface area contributed by atoms with Crippen LogP contribution in [0.2, 0.25) is 0 Å². The average molecular weight is 441 g/mol. The first-order valence-electron chi connectivity index (χ1n) is 10.2. The molecule has 0 saturated carbocycles. The number of rotatable bonds is 9. The second kappa shape index (κ2) is 11.2. The van der Waals surface area contributed by atoms with Crippen LogP contribution in [0.5, 0.6) is 0 Å². The lowest BCUT2D eigenvalue weighted by Gasteiger charge is -2.34. The fourth-order valence-electron chi connectivity index (χ4n) is 2.76. The fourth-order valence-corrected chi connectivity index (χ4v) is 3.94. The Kier molecular flexibility index (Phi) is 9.61. The number of sulfone groups is 1. The predicted octanol–water partition coefficient (Wildman–Crippen LogP) is 2.71. The predicted molar refractivity (Wildman–Crippen MR) is 121 cm³/mol. The number of nitrogens with zero attached hydrogens (tertiary/aromatic N) is 1. The number of hydrogen-bond acceptors (Lipinski definition) is 5. The first kappa shape index (κ1) is 25.7. The standard InChI is InChI=1S/C21H36N4O4S/c1-7-21(8-2,25-19(26)29-20(3,4)5)16-24-18(22-6)23-14-15-30(27,28)17-12-10-9-11-13-17/h9-13H,7-8,14-16H2,1-6H3,(H,25,26)(H2,22,23,24). The molecule has 1 aromatic rings. The van der Waals surface area contributed by atoms with Crippen molar-refractivity contribution in [3.8, 4) is 0 Å². The molecule has 0 bridgehead atoms. The Morgan fingerprint density at radius 3 is 2.17 bits per heavy atom. The largest absolute Gasteiger partial charge is 0.444 e. The normalized spacial score (nSPS) is 12.9. The van der Waals surface area contributed by atoms with E-state index in [0.29, 0.717) is 30.2 Å². The van der Waals surface area contributed by atoms with E-state index in [1.807, 2.05) is 34.6 Å². The molecule has 0 aromatic heterocycles. The highest BCUT2D eigenvalue weighted by Crippen LogP contribution is 2.16. The molecule has 1 amide bonds. The Balaban J connectivity index is 2.64. The molecule has 0 saturated heterocycles. The van der Waals surface area contributed by atoms with Gasteiger partial charge in [-0.2, -0.15) is 0 Å². The number of guanidine groups is 1. The highest BCUT2D eigenvalue weighted by atomic mass is 32.2. The number of nitrogens with one attached hydrogen (secondary N) is 3. The molecule has 0 heterocycles. The molecule has 0 spiro atoms. The lowest BCUT2D eigenvalue weighted by atomic mass is 9.93. The quantitative estimate of drug-likeness (QED) is 0.402. The first-order chi connectivity index (χ1) is 14.0. The number of hydrogen-bond donors (Lipinski definition) is 3. The number of alkyl carbamates (subject to hydrolysis) is 1. The number of ether oxygens (including phenoxy) is 1. The van der Waals surface area contributed by atoms with Crippen LogP contribution in [0.1, 0.15) is 47.5 Å². The van der Waals surface area contributed by atoms with E-state index < -0.39 is 27.1 Å². The maximum absolute atomic E-state index is 12.4. The molecule has 0 radical (unpaired) electrons. The zero-order chi connectivity index (χ0) is 22.8. The second-order valence-electron chi connectivity index (χ2n) is 8.10. The van der Waals surface area contributed by atoms with E-state index in [0.717, 1.165) is 0 Å². The molecule has 0 aliphatic heterocycles. The van der Waals surface area contributed by atoms with E-state index >= 15 is 0 Å². The van der Waals surface area contributed by atoms with Gasteiger partial charge in [0.05, 0.1) is 16.2 Å². The molecular formula is C21H36N4O4S. The highest BCUT2D eigenvalue weighted by Gasteiger charge is 2.30. The minimum absolute atomic E-state index is 0.0550. The Hall–Kier alpha value is -2.29. The smallest absolute Gasteiger partial charge is 0.408 e. The van der Waals surface area contributed by atoms with Crippen molar-refractivity contribution in [1.29, 1.82) is 0 Å². The molecule has 0 unspecified atom stereocenters. The topological polar surface area (TPSA) is 109 Å². The van der Waals surface area contributed by atoms with E-state index in [1.54, 1.807) is 37.4 Å². The second-order valence-corrected chi connectivity index (χ2v) is 10.2. The van der Waals surface area contributed by atoms with Gasteiger partial charge >= 0.3 is 6.09 Å². The van der Waals surface area contributed by atoms with Gasteiger partial charge in [0.25, 0.3) is 0 Å². The lowest BCUT2D eigenvalue weighted by molar-refractivity contribution is 0.0448. The third-order valence-electron chi connectivity index (χ3n) is 4.70. The van der Waals surface area contributed by atoms with E-state index in [2.05, 4.69) is 20.9 Å². The van der Waals surface area contributed by atoms with Crippen LogP contribution in [-0.2, 0) is 14.6 Å². The fraction of sp³-hybridized carbons (Fsp3) is 0.619. The highest BCUT2D eigenvalue weighted by molar-refractivity contribution is 7.91.